The highest BCUT2D eigenvalue weighted by Gasteiger charge is 2.53. The van der Waals surface area contributed by atoms with Crippen molar-refractivity contribution in [2.75, 3.05) is 26.7 Å². The molecular formula is C23H32N4O2. The number of fused-ring (bicyclic) bond motifs is 1. The van der Waals surface area contributed by atoms with Crippen LogP contribution < -0.4 is 5.32 Å². The first kappa shape index (κ1) is 20.1. The maximum absolute atomic E-state index is 13.4. The minimum Gasteiger partial charge on any atom is -0.350 e. The average molecular weight is 397 g/mol. The number of nitrogens with one attached hydrogen (secondary N) is 1. The Hall–Kier alpha value is -2.21. The Kier molecular flexibility index (Phi) is 5.99. The van der Waals surface area contributed by atoms with Crippen LogP contribution in [0, 0.1) is 5.41 Å². The third-order valence-electron chi connectivity index (χ3n) is 6.90. The van der Waals surface area contributed by atoms with Gasteiger partial charge in [0, 0.05) is 25.7 Å². The van der Waals surface area contributed by atoms with Crippen LogP contribution in [-0.4, -0.2) is 59.3 Å². The van der Waals surface area contributed by atoms with E-state index in [1.54, 1.807) is 6.20 Å². The Labute approximate surface area is 173 Å². The van der Waals surface area contributed by atoms with Crippen molar-refractivity contribution in [1.29, 1.82) is 0 Å². The van der Waals surface area contributed by atoms with E-state index in [9.17, 15) is 9.59 Å². The molecule has 6 nitrogen and oxygen atoms in total. The topological polar surface area (TPSA) is 65.5 Å². The third-order valence-corrected chi connectivity index (χ3v) is 6.90. The van der Waals surface area contributed by atoms with E-state index in [0.717, 1.165) is 63.9 Å². The van der Waals surface area contributed by atoms with Crippen LogP contribution in [0.25, 0.3) is 0 Å². The van der Waals surface area contributed by atoms with Gasteiger partial charge in [0.1, 0.15) is 0 Å². The van der Waals surface area contributed by atoms with Crippen LogP contribution in [0.15, 0.2) is 36.0 Å². The van der Waals surface area contributed by atoms with Crippen molar-refractivity contribution >= 4 is 11.8 Å². The lowest BCUT2D eigenvalue weighted by Crippen LogP contribution is -2.66. The molecule has 6 heteroatoms. The molecule has 4 rings (SSSR count). The molecule has 2 atom stereocenters. The second-order valence-corrected chi connectivity index (χ2v) is 8.81. The molecule has 1 aliphatic carbocycles. The number of likely N-dealkylation sites (N-methyl/N-ethyl adjacent to an activating group) is 1. The van der Waals surface area contributed by atoms with E-state index in [0.29, 0.717) is 13.0 Å². The number of amides is 2. The van der Waals surface area contributed by atoms with Crippen LogP contribution >= 0.6 is 0 Å². The standard InChI is InChI=1S/C23H32N4O2/c1-26-14-11-23(22(29)25-16-19-9-4-5-12-24-19)10-6-13-27(20(23)17-26)21(28)15-18-7-2-3-8-18/h4-5,7,9,12,20H,2-3,6,8,10-11,13-17H2,1H3,(H,25,29)/t20-,23+/m0/s1. The molecule has 0 radical (unpaired) electrons. The molecule has 0 unspecified atom stereocenters. The van der Waals surface area contributed by atoms with E-state index >= 15 is 0 Å². The molecule has 156 valence electrons. The highest BCUT2D eigenvalue weighted by Crippen LogP contribution is 2.43. The quantitative estimate of drug-likeness (QED) is 0.777. The fourth-order valence-corrected chi connectivity index (χ4v) is 5.25. The average Bonchev–Trinajstić information content (AvgIpc) is 3.25. The molecule has 0 spiro atoms. The number of nitrogens with zero attached hydrogens (tertiary/aromatic N) is 3. The van der Waals surface area contributed by atoms with Gasteiger partial charge >= 0.3 is 0 Å². The number of aromatic nitrogens is 1. The number of likely N-dealkylation sites (tertiary alicyclic amines) is 2. The fourth-order valence-electron chi connectivity index (χ4n) is 5.25. The first-order chi connectivity index (χ1) is 14.1. The van der Waals surface area contributed by atoms with Crippen LogP contribution in [0.5, 0.6) is 0 Å². The summed E-state index contributed by atoms with van der Waals surface area (Å²) in [5.74, 6) is 0.277. The Morgan fingerprint density at radius 3 is 2.90 bits per heavy atom. The fraction of sp³-hybridized carbons (Fsp3) is 0.609. The SMILES string of the molecule is CN1CC[C@]2(C(=O)NCc3ccccn3)CCCN(C(=O)CC3=CCCC3)[C@H]2C1. The maximum Gasteiger partial charge on any atom is 0.228 e. The van der Waals surface area contributed by atoms with Crippen molar-refractivity contribution in [2.45, 2.75) is 57.5 Å². The molecule has 2 fully saturated rings. The first-order valence-corrected chi connectivity index (χ1v) is 10.9. The predicted octanol–water partition coefficient (Wildman–Crippen LogP) is 2.51. The van der Waals surface area contributed by atoms with Gasteiger partial charge in [0.25, 0.3) is 0 Å². The Bertz CT molecular complexity index is 778. The summed E-state index contributed by atoms with van der Waals surface area (Å²) < 4.78 is 0. The molecule has 29 heavy (non-hydrogen) atoms. The van der Waals surface area contributed by atoms with Gasteiger partial charge < -0.3 is 15.1 Å². The van der Waals surface area contributed by atoms with Gasteiger partial charge in [0.15, 0.2) is 0 Å². The van der Waals surface area contributed by atoms with Gasteiger partial charge in [-0.2, -0.15) is 0 Å². The highest BCUT2D eigenvalue weighted by molar-refractivity contribution is 5.86. The molecule has 0 bridgehead atoms. The minimum atomic E-state index is -0.487. The van der Waals surface area contributed by atoms with Crippen molar-refractivity contribution in [2.24, 2.45) is 5.41 Å². The lowest BCUT2D eigenvalue weighted by molar-refractivity contribution is -0.153. The molecule has 2 aliphatic heterocycles. The number of rotatable bonds is 5. The van der Waals surface area contributed by atoms with Gasteiger partial charge in [-0.15, -0.1) is 0 Å². The van der Waals surface area contributed by atoms with Gasteiger partial charge in [-0.1, -0.05) is 17.7 Å². The number of pyridine rings is 1. The zero-order chi connectivity index (χ0) is 20.3. The molecule has 2 amide bonds. The number of carbonyl (C=O) groups excluding carboxylic acids is 2. The summed E-state index contributed by atoms with van der Waals surface area (Å²) in [5.41, 5.74) is 1.65. The van der Waals surface area contributed by atoms with E-state index in [4.69, 9.17) is 0 Å². The maximum atomic E-state index is 13.4. The molecule has 1 aromatic heterocycles. The van der Waals surface area contributed by atoms with Crippen LogP contribution in [0.3, 0.4) is 0 Å². The normalized spacial score (nSPS) is 27.3. The van der Waals surface area contributed by atoms with Gasteiger partial charge in [0.05, 0.1) is 23.7 Å². The van der Waals surface area contributed by atoms with Crippen molar-refractivity contribution in [1.82, 2.24) is 20.1 Å². The van der Waals surface area contributed by atoms with E-state index in [1.807, 2.05) is 23.1 Å². The van der Waals surface area contributed by atoms with Crippen LogP contribution in [0.2, 0.25) is 0 Å². The van der Waals surface area contributed by atoms with Crippen molar-refractivity contribution in [3.05, 3.63) is 41.7 Å². The lowest BCUT2D eigenvalue weighted by atomic mass is 9.67. The summed E-state index contributed by atoms with van der Waals surface area (Å²) in [6.45, 7) is 2.85. The molecular weight excluding hydrogens is 364 g/mol. The second-order valence-electron chi connectivity index (χ2n) is 8.81. The number of carbonyl (C=O) groups is 2. The molecule has 0 aromatic carbocycles. The molecule has 1 N–H and O–H groups in total. The molecule has 3 aliphatic rings. The number of hydrogen-bond acceptors (Lipinski definition) is 4. The molecule has 2 saturated heterocycles. The van der Waals surface area contributed by atoms with Gasteiger partial charge in [0.2, 0.25) is 11.8 Å². The van der Waals surface area contributed by atoms with E-state index in [-0.39, 0.29) is 17.9 Å². The van der Waals surface area contributed by atoms with E-state index in [1.165, 1.54) is 5.57 Å². The first-order valence-electron chi connectivity index (χ1n) is 10.9. The number of hydrogen-bond donors (Lipinski definition) is 1. The Morgan fingerprint density at radius 2 is 2.14 bits per heavy atom. The monoisotopic (exact) mass is 396 g/mol. The summed E-state index contributed by atoms with van der Waals surface area (Å²) in [6, 6.07) is 5.69. The summed E-state index contributed by atoms with van der Waals surface area (Å²) in [4.78, 5) is 35.2. The smallest absolute Gasteiger partial charge is 0.228 e. The summed E-state index contributed by atoms with van der Waals surface area (Å²) in [6.07, 6.45) is 10.3. The van der Waals surface area contributed by atoms with Crippen molar-refractivity contribution < 1.29 is 9.59 Å². The molecule has 3 heterocycles. The summed E-state index contributed by atoms with van der Waals surface area (Å²) >= 11 is 0. The summed E-state index contributed by atoms with van der Waals surface area (Å²) in [7, 11) is 2.09. The number of piperidine rings is 2. The Balaban J connectivity index is 1.51. The van der Waals surface area contributed by atoms with Crippen molar-refractivity contribution in [3.63, 3.8) is 0 Å². The van der Waals surface area contributed by atoms with Crippen LogP contribution in [0.1, 0.15) is 50.6 Å². The second kappa shape index (κ2) is 8.66. The van der Waals surface area contributed by atoms with Crippen LogP contribution in [-0.2, 0) is 16.1 Å². The van der Waals surface area contributed by atoms with Gasteiger partial charge in [-0.25, -0.2) is 0 Å². The Morgan fingerprint density at radius 1 is 1.24 bits per heavy atom. The summed E-state index contributed by atoms with van der Waals surface area (Å²) in [5, 5.41) is 3.14. The largest absolute Gasteiger partial charge is 0.350 e. The lowest BCUT2D eigenvalue weighted by Gasteiger charge is -2.53. The molecule has 1 aromatic rings. The zero-order valence-electron chi connectivity index (χ0n) is 17.4. The van der Waals surface area contributed by atoms with Gasteiger partial charge in [-0.3, -0.25) is 14.6 Å². The van der Waals surface area contributed by atoms with Crippen molar-refractivity contribution in [3.8, 4) is 0 Å². The van der Waals surface area contributed by atoms with Gasteiger partial charge in [-0.05, 0) is 64.3 Å². The predicted molar refractivity (Wildman–Crippen MR) is 112 cm³/mol. The van der Waals surface area contributed by atoms with E-state index < -0.39 is 5.41 Å². The number of allylic oxidation sites excluding steroid dienone is 1. The zero-order valence-corrected chi connectivity index (χ0v) is 17.4. The third kappa shape index (κ3) is 4.22. The van der Waals surface area contributed by atoms with Crippen LogP contribution in [0.4, 0.5) is 0 Å². The minimum absolute atomic E-state index is 0.0479. The van der Waals surface area contributed by atoms with E-state index in [2.05, 4.69) is 28.3 Å². The highest BCUT2D eigenvalue weighted by atomic mass is 16.2. The molecule has 0 saturated carbocycles.